The second-order valence-corrected chi connectivity index (χ2v) is 19.2. The molecule has 0 radical (unpaired) electrons. The van der Waals surface area contributed by atoms with Gasteiger partial charge in [-0.1, -0.05) is 61.3 Å². The second kappa shape index (κ2) is 7.83. The number of carbonyl (C=O) groups excluding carboxylic acids is 1. The van der Waals surface area contributed by atoms with Gasteiger partial charge < -0.3 is 8.85 Å². The number of hydrogen-bond donors (Lipinski definition) is 0. The van der Waals surface area contributed by atoms with Gasteiger partial charge in [0.15, 0.2) is 8.32 Å². The van der Waals surface area contributed by atoms with E-state index in [0.717, 1.165) is 19.3 Å². The van der Waals surface area contributed by atoms with Gasteiger partial charge in [0, 0.05) is 0 Å². The van der Waals surface area contributed by atoms with Crippen LogP contribution in [0.3, 0.4) is 0 Å². The van der Waals surface area contributed by atoms with Gasteiger partial charge in [-0.3, -0.25) is 4.79 Å². The highest BCUT2D eigenvalue weighted by Gasteiger charge is 2.44. The SMILES string of the molecule is CCCCC(O[Si](C)(C)C(C)(C)C)C(=O)O[Si](C)(C)C(C)(C)C. The van der Waals surface area contributed by atoms with Gasteiger partial charge in [-0.05, 0) is 42.7 Å². The van der Waals surface area contributed by atoms with E-state index in [0.29, 0.717) is 0 Å². The van der Waals surface area contributed by atoms with Crippen LogP contribution in [0, 0.1) is 0 Å². The fourth-order valence-electron chi connectivity index (χ4n) is 1.62. The number of carbonyl (C=O) groups is 1. The van der Waals surface area contributed by atoms with Crippen LogP contribution in [-0.2, 0) is 13.6 Å². The zero-order valence-electron chi connectivity index (χ0n) is 17.4. The van der Waals surface area contributed by atoms with E-state index in [4.69, 9.17) is 8.85 Å². The minimum Gasteiger partial charge on any atom is -0.517 e. The van der Waals surface area contributed by atoms with Crippen molar-refractivity contribution in [2.45, 2.75) is 110 Å². The summed E-state index contributed by atoms with van der Waals surface area (Å²) < 4.78 is 12.4. The Hall–Kier alpha value is -0.136. The minimum atomic E-state index is -2.11. The lowest BCUT2D eigenvalue weighted by atomic mass is 10.2. The quantitative estimate of drug-likeness (QED) is 0.513. The van der Waals surface area contributed by atoms with Crippen molar-refractivity contribution in [1.82, 2.24) is 0 Å². The smallest absolute Gasteiger partial charge is 0.320 e. The van der Waals surface area contributed by atoms with Gasteiger partial charge in [-0.2, -0.15) is 0 Å². The Morgan fingerprint density at radius 3 is 1.70 bits per heavy atom. The summed E-state index contributed by atoms with van der Waals surface area (Å²) in [5, 5.41) is 0.115. The van der Waals surface area contributed by atoms with Crippen LogP contribution < -0.4 is 0 Å². The maximum atomic E-state index is 12.8. The van der Waals surface area contributed by atoms with Crippen LogP contribution in [0.4, 0.5) is 0 Å². The fourth-order valence-corrected chi connectivity index (χ4v) is 3.84. The van der Waals surface area contributed by atoms with Gasteiger partial charge in [0.25, 0.3) is 8.32 Å². The molecule has 0 rings (SSSR count). The number of unbranched alkanes of at least 4 members (excludes halogenated alkanes) is 1. The van der Waals surface area contributed by atoms with Crippen LogP contribution in [0.15, 0.2) is 0 Å². The van der Waals surface area contributed by atoms with Crippen molar-refractivity contribution < 1.29 is 13.6 Å². The summed E-state index contributed by atoms with van der Waals surface area (Å²) in [5.74, 6) is -0.144. The van der Waals surface area contributed by atoms with Gasteiger partial charge in [0.1, 0.15) is 6.10 Å². The first-order valence-electron chi connectivity index (χ1n) is 8.96. The average molecular weight is 361 g/mol. The second-order valence-electron chi connectivity index (χ2n) is 9.69. The van der Waals surface area contributed by atoms with Crippen LogP contribution in [-0.4, -0.2) is 28.7 Å². The van der Waals surface area contributed by atoms with Crippen LogP contribution in [0.25, 0.3) is 0 Å². The van der Waals surface area contributed by atoms with E-state index in [1.54, 1.807) is 0 Å². The highest BCUT2D eigenvalue weighted by atomic mass is 28.4. The molecule has 0 aliphatic rings. The van der Waals surface area contributed by atoms with E-state index in [-0.39, 0.29) is 16.0 Å². The monoisotopic (exact) mass is 360 g/mol. The molecule has 0 aliphatic carbocycles. The molecule has 23 heavy (non-hydrogen) atoms. The van der Waals surface area contributed by atoms with E-state index in [2.05, 4.69) is 74.7 Å². The zero-order valence-corrected chi connectivity index (χ0v) is 19.4. The Morgan fingerprint density at radius 2 is 1.35 bits per heavy atom. The maximum Gasteiger partial charge on any atom is 0.320 e. The van der Waals surface area contributed by atoms with Crippen molar-refractivity contribution in [1.29, 1.82) is 0 Å². The predicted molar refractivity (Wildman–Crippen MR) is 105 cm³/mol. The molecular formula is C18H40O3Si2. The number of hydrogen-bond acceptors (Lipinski definition) is 3. The molecule has 0 fully saturated rings. The van der Waals surface area contributed by atoms with Gasteiger partial charge in [0.2, 0.25) is 0 Å². The average Bonchev–Trinajstić information content (AvgIpc) is 2.30. The summed E-state index contributed by atoms with van der Waals surface area (Å²) in [6, 6.07) is 0. The van der Waals surface area contributed by atoms with Crippen LogP contribution in [0.2, 0.25) is 36.3 Å². The Labute approximate surface area is 146 Å². The standard InChI is InChI=1S/C18H40O3Si2/c1-12-13-14-15(20-22(8,9)17(2,3)4)16(19)21-23(10,11)18(5,6)7/h15H,12-14H2,1-11H3. The normalized spacial score (nSPS) is 15.4. The van der Waals surface area contributed by atoms with E-state index in [1.165, 1.54) is 0 Å². The Kier molecular flexibility index (Phi) is 7.78. The molecule has 0 saturated heterocycles. The van der Waals surface area contributed by atoms with Crippen LogP contribution >= 0.6 is 0 Å². The van der Waals surface area contributed by atoms with Crippen molar-refractivity contribution in [3.63, 3.8) is 0 Å². The topological polar surface area (TPSA) is 35.5 Å². The summed E-state index contributed by atoms with van der Waals surface area (Å²) in [4.78, 5) is 12.8. The van der Waals surface area contributed by atoms with Gasteiger partial charge in [0.05, 0.1) is 0 Å². The lowest BCUT2D eigenvalue weighted by Gasteiger charge is -2.41. The minimum absolute atomic E-state index is 0.0228. The summed E-state index contributed by atoms with van der Waals surface area (Å²) in [5.41, 5.74) is 0. The molecule has 0 aromatic rings. The highest BCUT2D eigenvalue weighted by molar-refractivity contribution is 6.76. The Balaban J connectivity index is 5.22. The molecule has 0 saturated carbocycles. The van der Waals surface area contributed by atoms with E-state index in [9.17, 15) is 4.79 Å². The van der Waals surface area contributed by atoms with E-state index in [1.807, 2.05) is 0 Å². The molecule has 138 valence electrons. The fraction of sp³-hybridized carbons (Fsp3) is 0.944. The van der Waals surface area contributed by atoms with Gasteiger partial charge in [-0.15, -0.1) is 0 Å². The molecule has 3 nitrogen and oxygen atoms in total. The molecule has 0 spiro atoms. The van der Waals surface area contributed by atoms with Crippen molar-refractivity contribution >= 4 is 22.6 Å². The van der Waals surface area contributed by atoms with Gasteiger partial charge >= 0.3 is 5.97 Å². The van der Waals surface area contributed by atoms with Crippen molar-refractivity contribution in [3.05, 3.63) is 0 Å². The summed E-state index contributed by atoms with van der Waals surface area (Å²) in [7, 11) is -4.09. The summed E-state index contributed by atoms with van der Waals surface area (Å²) >= 11 is 0. The third kappa shape index (κ3) is 6.71. The molecule has 1 unspecified atom stereocenters. The van der Waals surface area contributed by atoms with Crippen LogP contribution in [0.5, 0.6) is 0 Å². The Morgan fingerprint density at radius 1 is 0.913 bits per heavy atom. The molecule has 5 heteroatoms. The maximum absolute atomic E-state index is 12.8. The molecule has 0 aliphatic heterocycles. The third-order valence-electron chi connectivity index (χ3n) is 5.49. The Bertz CT molecular complexity index is 390. The molecule has 1 atom stereocenters. The van der Waals surface area contributed by atoms with Crippen molar-refractivity contribution in [3.8, 4) is 0 Å². The lowest BCUT2D eigenvalue weighted by Crippen LogP contribution is -2.50. The molecule has 0 bridgehead atoms. The summed E-state index contributed by atoms with van der Waals surface area (Å²) in [6.45, 7) is 23.9. The molecule has 0 heterocycles. The predicted octanol–water partition coefficient (Wildman–Crippen LogP) is 6.12. The molecule has 0 aromatic carbocycles. The summed E-state index contributed by atoms with van der Waals surface area (Å²) in [6.07, 6.45) is 2.40. The first kappa shape index (κ1) is 22.9. The zero-order chi connectivity index (χ0) is 18.7. The first-order chi connectivity index (χ1) is 10.0. The lowest BCUT2D eigenvalue weighted by molar-refractivity contribution is -0.144. The molecule has 0 amide bonds. The van der Waals surface area contributed by atoms with Gasteiger partial charge in [-0.25, -0.2) is 0 Å². The largest absolute Gasteiger partial charge is 0.517 e. The van der Waals surface area contributed by atoms with E-state index >= 15 is 0 Å². The molecule has 0 N–H and O–H groups in total. The third-order valence-corrected chi connectivity index (χ3v) is 14.3. The van der Waals surface area contributed by atoms with E-state index < -0.39 is 22.7 Å². The first-order valence-corrected chi connectivity index (χ1v) is 14.8. The molecule has 0 aromatic heterocycles. The highest BCUT2D eigenvalue weighted by Crippen LogP contribution is 2.39. The molecular weight excluding hydrogens is 320 g/mol. The van der Waals surface area contributed by atoms with Crippen molar-refractivity contribution in [2.75, 3.05) is 0 Å². The van der Waals surface area contributed by atoms with Crippen LogP contribution in [0.1, 0.15) is 67.7 Å². The van der Waals surface area contributed by atoms with Crippen molar-refractivity contribution in [2.24, 2.45) is 0 Å². The number of rotatable bonds is 7.